The molecule has 0 fully saturated rings. The summed E-state index contributed by atoms with van der Waals surface area (Å²) in [6, 6.07) is -0.885. The number of hydrogen-bond donors (Lipinski definition) is 3. The van der Waals surface area contributed by atoms with Gasteiger partial charge in [0, 0.05) is 5.54 Å². The Morgan fingerprint density at radius 3 is 1.82 bits per heavy atom. The molecular weight excluding hydrogens is 220 g/mol. The molecule has 0 radical (unpaired) electrons. The summed E-state index contributed by atoms with van der Waals surface area (Å²) in [5.74, 6) is -1.54. The second kappa shape index (κ2) is 5.04. The van der Waals surface area contributed by atoms with Crippen molar-refractivity contribution in [1.29, 1.82) is 0 Å². The zero-order chi connectivity index (χ0) is 14.0. The van der Waals surface area contributed by atoms with E-state index in [1.807, 2.05) is 0 Å². The third-order valence-electron chi connectivity index (χ3n) is 3.40. The van der Waals surface area contributed by atoms with E-state index >= 15 is 0 Å². The first-order valence-corrected chi connectivity index (χ1v) is 5.74. The molecule has 1 amide bonds. The van der Waals surface area contributed by atoms with Crippen LogP contribution < -0.4 is 11.1 Å². The van der Waals surface area contributed by atoms with Crippen LogP contribution in [0.1, 0.15) is 41.5 Å². The lowest BCUT2D eigenvalue weighted by Crippen LogP contribution is -2.58. The number of hydrogen-bond acceptors (Lipinski definition) is 3. The van der Waals surface area contributed by atoms with Crippen molar-refractivity contribution in [3.63, 3.8) is 0 Å². The second-order valence-corrected chi connectivity index (χ2v) is 5.88. The highest BCUT2D eigenvalue weighted by atomic mass is 16.4. The van der Waals surface area contributed by atoms with E-state index in [9.17, 15) is 9.59 Å². The van der Waals surface area contributed by atoms with Crippen molar-refractivity contribution in [2.24, 2.45) is 17.1 Å². The fourth-order valence-corrected chi connectivity index (χ4v) is 1.13. The normalized spacial score (nSPS) is 14.6. The van der Waals surface area contributed by atoms with Crippen molar-refractivity contribution >= 4 is 11.9 Å². The Morgan fingerprint density at radius 1 is 1.18 bits per heavy atom. The summed E-state index contributed by atoms with van der Waals surface area (Å²) in [6.07, 6.45) is 0. The van der Waals surface area contributed by atoms with Crippen LogP contribution in [0.2, 0.25) is 0 Å². The molecule has 5 heteroatoms. The third-order valence-corrected chi connectivity index (χ3v) is 3.40. The Hall–Kier alpha value is -1.10. The first kappa shape index (κ1) is 15.9. The van der Waals surface area contributed by atoms with Gasteiger partial charge < -0.3 is 16.2 Å². The van der Waals surface area contributed by atoms with Crippen molar-refractivity contribution in [3.05, 3.63) is 0 Å². The van der Waals surface area contributed by atoms with Gasteiger partial charge in [0.05, 0.1) is 5.41 Å². The Labute approximate surface area is 103 Å². The van der Waals surface area contributed by atoms with Crippen molar-refractivity contribution in [2.75, 3.05) is 0 Å². The van der Waals surface area contributed by atoms with Crippen LogP contribution in [0.5, 0.6) is 0 Å². The minimum absolute atomic E-state index is 0.173. The summed E-state index contributed by atoms with van der Waals surface area (Å²) in [7, 11) is 0. The molecule has 1 atom stereocenters. The van der Waals surface area contributed by atoms with Crippen LogP contribution in [0.25, 0.3) is 0 Å². The standard InChI is InChI=1S/C12H24N2O3/c1-7(2)8(9(15)16)14-10(17)11(3,4)12(5,6)13/h7-8H,13H2,1-6H3,(H,14,17)(H,15,16)/t8-/m1/s1. The fourth-order valence-electron chi connectivity index (χ4n) is 1.13. The highest BCUT2D eigenvalue weighted by Gasteiger charge is 2.42. The predicted molar refractivity (Wildman–Crippen MR) is 66.5 cm³/mol. The zero-order valence-corrected chi connectivity index (χ0v) is 11.5. The molecule has 100 valence electrons. The van der Waals surface area contributed by atoms with E-state index in [1.54, 1.807) is 41.5 Å². The van der Waals surface area contributed by atoms with Gasteiger partial charge in [0.2, 0.25) is 5.91 Å². The van der Waals surface area contributed by atoms with Crippen molar-refractivity contribution in [2.45, 2.75) is 53.1 Å². The highest BCUT2D eigenvalue weighted by molar-refractivity contribution is 5.88. The van der Waals surface area contributed by atoms with Gasteiger partial charge in [-0.3, -0.25) is 4.79 Å². The quantitative estimate of drug-likeness (QED) is 0.672. The average Bonchev–Trinajstić information content (AvgIpc) is 2.10. The zero-order valence-electron chi connectivity index (χ0n) is 11.5. The molecule has 0 unspecified atom stereocenters. The van der Waals surface area contributed by atoms with Crippen LogP contribution in [-0.2, 0) is 9.59 Å². The van der Waals surface area contributed by atoms with Gasteiger partial charge in [-0.2, -0.15) is 0 Å². The molecular formula is C12H24N2O3. The molecule has 0 aromatic carbocycles. The molecule has 0 bridgehead atoms. The summed E-state index contributed by atoms with van der Waals surface area (Å²) in [6.45, 7) is 10.4. The Morgan fingerprint density at radius 2 is 1.59 bits per heavy atom. The minimum Gasteiger partial charge on any atom is -0.480 e. The molecule has 17 heavy (non-hydrogen) atoms. The van der Waals surface area contributed by atoms with Crippen molar-refractivity contribution < 1.29 is 14.7 Å². The lowest BCUT2D eigenvalue weighted by Gasteiger charge is -2.38. The molecule has 0 spiro atoms. The monoisotopic (exact) mass is 244 g/mol. The summed E-state index contributed by atoms with van der Waals surface area (Å²) < 4.78 is 0. The maximum Gasteiger partial charge on any atom is 0.326 e. The van der Waals surface area contributed by atoms with Crippen LogP contribution >= 0.6 is 0 Å². The maximum atomic E-state index is 12.1. The molecule has 0 saturated heterocycles. The first-order valence-electron chi connectivity index (χ1n) is 5.74. The molecule has 0 aromatic rings. The SMILES string of the molecule is CC(C)[C@@H](NC(=O)C(C)(C)C(C)(C)N)C(=O)O. The van der Waals surface area contributed by atoms with Gasteiger partial charge in [-0.1, -0.05) is 13.8 Å². The van der Waals surface area contributed by atoms with Gasteiger partial charge >= 0.3 is 5.97 Å². The molecule has 0 aliphatic heterocycles. The number of nitrogens with two attached hydrogens (primary N) is 1. The summed E-state index contributed by atoms with van der Waals surface area (Å²) >= 11 is 0. The Balaban J connectivity index is 4.92. The molecule has 0 saturated carbocycles. The van der Waals surface area contributed by atoms with Gasteiger partial charge in [0.1, 0.15) is 6.04 Å². The molecule has 0 aliphatic rings. The maximum absolute atomic E-state index is 12.1. The fraction of sp³-hybridized carbons (Fsp3) is 0.833. The van der Waals surface area contributed by atoms with Crippen molar-refractivity contribution in [1.82, 2.24) is 5.32 Å². The highest BCUT2D eigenvalue weighted by Crippen LogP contribution is 2.28. The molecule has 0 heterocycles. The van der Waals surface area contributed by atoms with Crippen molar-refractivity contribution in [3.8, 4) is 0 Å². The van der Waals surface area contributed by atoms with Crippen LogP contribution in [0.15, 0.2) is 0 Å². The number of carbonyl (C=O) groups is 2. The van der Waals surface area contributed by atoms with Gasteiger partial charge in [-0.05, 0) is 33.6 Å². The third kappa shape index (κ3) is 3.70. The van der Waals surface area contributed by atoms with E-state index in [2.05, 4.69) is 5.32 Å². The van der Waals surface area contributed by atoms with E-state index in [1.165, 1.54) is 0 Å². The minimum atomic E-state index is -1.03. The van der Waals surface area contributed by atoms with E-state index in [0.29, 0.717) is 0 Å². The number of aliphatic carboxylic acids is 1. The number of carboxylic acid groups (broad SMARTS) is 1. The molecule has 0 aromatic heterocycles. The lowest BCUT2D eigenvalue weighted by molar-refractivity contribution is -0.145. The van der Waals surface area contributed by atoms with E-state index < -0.39 is 23.0 Å². The number of nitrogens with one attached hydrogen (secondary N) is 1. The number of rotatable bonds is 5. The van der Waals surface area contributed by atoms with Crippen LogP contribution in [-0.4, -0.2) is 28.6 Å². The van der Waals surface area contributed by atoms with Gasteiger partial charge in [0.15, 0.2) is 0 Å². The molecule has 4 N–H and O–H groups in total. The molecule has 0 aliphatic carbocycles. The summed E-state index contributed by atoms with van der Waals surface area (Å²) in [4.78, 5) is 23.1. The molecule has 0 rings (SSSR count). The van der Waals surface area contributed by atoms with E-state index in [4.69, 9.17) is 10.8 Å². The van der Waals surface area contributed by atoms with E-state index in [-0.39, 0.29) is 11.8 Å². The Bertz CT molecular complexity index is 303. The average molecular weight is 244 g/mol. The number of amides is 1. The summed E-state index contributed by atoms with van der Waals surface area (Å²) in [5.41, 5.74) is 4.37. The summed E-state index contributed by atoms with van der Waals surface area (Å²) in [5, 5.41) is 11.6. The predicted octanol–water partition coefficient (Wildman–Crippen LogP) is 0.975. The van der Waals surface area contributed by atoms with Crippen LogP contribution in [0.3, 0.4) is 0 Å². The number of carbonyl (C=O) groups excluding carboxylic acids is 1. The van der Waals surface area contributed by atoms with Gasteiger partial charge in [0.25, 0.3) is 0 Å². The van der Waals surface area contributed by atoms with E-state index in [0.717, 1.165) is 0 Å². The van der Waals surface area contributed by atoms with Gasteiger partial charge in [-0.25, -0.2) is 4.79 Å². The van der Waals surface area contributed by atoms with Gasteiger partial charge in [-0.15, -0.1) is 0 Å². The number of carboxylic acids is 1. The van der Waals surface area contributed by atoms with Crippen LogP contribution in [0.4, 0.5) is 0 Å². The smallest absolute Gasteiger partial charge is 0.326 e. The lowest BCUT2D eigenvalue weighted by atomic mass is 9.74. The topological polar surface area (TPSA) is 92.4 Å². The Kier molecular flexibility index (Phi) is 4.71. The largest absolute Gasteiger partial charge is 0.480 e. The second-order valence-electron chi connectivity index (χ2n) is 5.88. The first-order chi connectivity index (χ1) is 7.41. The van der Waals surface area contributed by atoms with Crippen LogP contribution in [0, 0.1) is 11.3 Å². The molecule has 5 nitrogen and oxygen atoms in total.